The van der Waals surface area contributed by atoms with Gasteiger partial charge in [-0.1, -0.05) is 12.1 Å². The average molecular weight is 284 g/mol. The van der Waals surface area contributed by atoms with Crippen LogP contribution in [0, 0.1) is 0 Å². The molecule has 0 atom stereocenters. The van der Waals surface area contributed by atoms with Crippen LogP contribution in [0.25, 0.3) is 0 Å². The maximum absolute atomic E-state index is 12.4. The summed E-state index contributed by atoms with van der Waals surface area (Å²) >= 11 is 0. The Bertz CT molecular complexity index is 506. The molecule has 0 radical (unpaired) electrons. The SMILES string of the molecule is O=C(NCc1ccc(C(F)(F)F)cc1)C1=NCCCC1. The Kier molecular flexibility index (Phi) is 4.42. The molecule has 1 N–H and O–H groups in total. The van der Waals surface area contributed by atoms with E-state index < -0.39 is 11.7 Å². The number of alkyl halides is 3. The smallest absolute Gasteiger partial charge is 0.347 e. The quantitative estimate of drug-likeness (QED) is 0.911. The van der Waals surface area contributed by atoms with Crippen molar-refractivity contribution in [2.24, 2.45) is 4.99 Å². The first-order chi connectivity index (χ1) is 9.47. The van der Waals surface area contributed by atoms with Crippen LogP contribution in [0.15, 0.2) is 29.3 Å². The van der Waals surface area contributed by atoms with Crippen molar-refractivity contribution >= 4 is 11.6 Å². The molecule has 6 heteroatoms. The van der Waals surface area contributed by atoms with Gasteiger partial charge in [0.05, 0.1) is 11.3 Å². The summed E-state index contributed by atoms with van der Waals surface area (Å²) in [6, 6.07) is 4.76. The number of nitrogens with zero attached hydrogens (tertiary/aromatic N) is 1. The van der Waals surface area contributed by atoms with E-state index in [1.807, 2.05) is 0 Å². The Morgan fingerprint density at radius 1 is 1.20 bits per heavy atom. The molecule has 0 aliphatic carbocycles. The predicted octanol–water partition coefficient (Wildman–Crippen LogP) is 2.95. The van der Waals surface area contributed by atoms with Crippen LogP contribution in [-0.4, -0.2) is 18.2 Å². The zero-order chi connectivity index (χ0) is 14.6. The topological polar surface area (TPSA) is 41.5 Å². The van der Waals surface area contributed by atoms with E-state index in [9.17, 15) is 18.0 Å². The van der Waals surface area contributed by atoms with Crippen molar-refractivity contribution in [3.05, 3.63) is 35.4 Å². The van der Waals surface area contributed by atoms with E-state index >= 15 is 0 Å². The van der Waals surface area contributed by atoms with Gasteiger partial charge in [0.25, 0.3) is 5.91 Å². The number of hydrogen-bond acceptors (Lipinski definition) is 2. The second kappa shape index (κ2) is 6.07. The summed E-state index contributed by atoms with van der Waals surface area (Å²) in [7, 11) is 0. The Labute approximate surface area is 114 Å². The lowest BCUT2D eigenvalue weighted by atomic mass is 10.1. The summed E-state index contributed by atoms with van der Waals surface area (Å²) in [6.07, 6.45) is -1.72. The third-order valence-electron chi connectivity index (χ3n) is 3.12. The van der Waals surface area contributed by atoms with Crippen LogP contribution in [0.4, 0.5) is 13.2 Å². The zero-order valence-electron chi connectivity index (χ0n) is 10.8. The predicted molar refractivity (Wildman–Crippen MR) is 69.4 cm³/mol. The third kappa shape index (κ3) is 3.82. The number of benzene rings is 1. The van der Waals surface area contributed by atoms with Crippen LogP contribution in [-0.2, 0) is 17.5 Å². The summed E-state index contributed by atoms with van der Waals surface area (Å²) < 4.78 is 37.2. The first-order valence-electron chi connectivity index (χ1n) is 6.44. The van der Waals surface area contributed by atoms with Crippen molar-refractivity contribution in [2.75, 3.05) is 6.54 Å². The molecule has 2 rings (SSSR count). The summed E-state index contributed by atoms with van der Waals surface area (Å²) in [4.78, 5) is 15.9. The molecule has 1 heterocycles. The lowest BCUT2D eigenvalue weighted by Gasteiger charge is -2.12. The third-order valence-corrected chi connectivity index (χ3v) is 3.12. The molecule has 0 unspecified atom stereocenters. The van der Waals surface area contributed by atoms with Gasteiger partial charge < -0.3 is 5.32 Å². The molecule has 0 aromatic heterocycles. The van der Waals surface area contributed by atoms with Gasteiger partial charge in [0.1, 0.15) is 0 Å². The molecular formula is C14H15F3N2O. The lowest BCUT2D eigenvalue weighted by Crippen LogP contribution is -2.31. The molecule has 0 bridgehead atoms. The maximum Gasteiger partial charge on any atom is 0.416 e. The highest BCUT2D eigenvalue weighted by atomic mass is 19.4. The Hall–Kier alpha value is -1.85. The van der Waals surface area contributed by atoms with Crippen LogP contribution in [0.5, 0.6) is 0 Å². The van der Waals surface area contributed by atoms with E-state index in [0.717, 1.165) is 25.0 Å². The second-order valence-electron chi connectivity index (χ2n) is 4.66. The molecule has 0 fully saturated rings. The van der Waals surface area contributed by atoms with Gasteiger partial charge in [0.2, 0.25) is 0 Å². The van der Waals surface area contributed by atoms with E-state index in [0.29, 0.717) is 24.2 Å². The van der Waals surface area contributed by atoms with Gasteiger partial charge in [0, 0.05) is 13.1 Å². The Morgan fingerprint density at radius 2 is 1.90 bits per heavy atom. The van der Waals surface area contributed by atoms with Crippen LogP contribution in [0.3, 0.4) is 0 Å². The van der Waals surface area contributed by atoms with Gasteiger partial charge in [-0.05, 0) is 37.0 Å². The number of nitrogens with one attached hydrogen (secondary N) is 1. The van der Waals surface area contributed by atoms with Crippen molar-refractivity contribution in [3.63, 3.8) is 0 Å². The number of amides is 1. The normalized spacial score (nSPS) is 15.7. The van der Waals surface area contributed by atoms with Crippen LogP contribution >= 0.6 is 0 Å². The van der Waals surface area contributed by atoms with E-state index in [1.165, 1.54) is 12.1 Å². The van der Waals surface area contributed by atoms with Gasteiger partial charge in [-0.3, -0.25) is 9.79 Å². The molecule has 1 aromatic carbocycles. The van der Waals surface area contributed by atoms with Crippen molar-refractivity contribution in [1.82, 2.24) is 5.32 Å². The number of halogens is 3. The molecule has 0 saturated carbocycles. The molecule has 3 nitrogen and oxygen atoms in total. The van der Waals surface area contributed by atoms with Gasteiger partial charge >= 0.3 is 6.18 Å². The van der Waals surface area contributed by atoms with Gasteiger partial charge in [0.15, 0.2) is 0 Å². The average Bonchev–Trinajstić information content (AvgIpc) is 2.45. The minimum Gasteiger partial charge on any atom is -0.347 e. The zero-order valence-corrected chi connectivity index (χ0v) is 10.8. The number of aliphatic imine (C=N–C) groups is 1. The Morgan fingerprint density at radius 3 is 2.45 bits per heavy atom. The molecule has 1 aromatic rings. The standard InChI is InChI=1S/C14H15F3N2O/c15-14(16,17)11-6-4-10(5-7-11)9-19-13(20)12-3-1-2-8-18-12/h4-7H,1-3,8-9H2,(H,19,20). The fraction of sp³-hybridized carbons (Fsp3) is 0.429. The van der Waals surface area contributed by atoms with Crippen LogP contribution in [0.2, 0.25) is 0 Å². The molecule has 0 saturated heterocycles. The van der Waals surface area contributed by atoms with Crippen molar-refractivity contribution in [1.29, 1.82) is 0 Å². The van der Waals surface area contributed by atoms with Crippen LogP contribution in [0.1, 0.15) is 30.4 Å². The molecule has 1 aliphatic rings. The highest BCUT2D eigenvalue weighted by molar-refractivity contribution is 6.38. The minimum atomic E-state index is -4.33. The first kappa shape index (κ1) is 14.6. The highest BCUT2D eigenvalue weighted by Gasteiger charge is 2.29. The molecule has 1 aliphatic heterocycles. The van der Waals surface area contributed by atoms with E-state index in [-0.39, 0.29) is 12.5 Å². The van der Waals surface area contributed by atoms with Crippen molar-refractivity contribution < 1.29 is 18.0 Å². The first-order valence-corrected chi connectivity index (χ1v) is 6.44. The van der Waals surface area contributed by atoms with E-state index in [1.54, 1.807) is 0 Å². The minimum absolute atomic E-state index is 0.204. The molecule has 20 heavy (non-hydrogen) atoms. The largest absolute Gasteiger partial charge is 0.416 e. The lowest BCUT2D eigenvalue weighted by molar-refractivity contribution is -0.137. The summed E-state index contributed by atoms with van der Waals surface area (Å²) in [5.41, 5.74) is 0.468. The number of carbonyl (C=O) groups is 1. The fourth-order valence-electron chi connectivity index (χ4n) is 1.98. The Balaban J connectivity index is 1.91. The van der Waals surface area contributed by atoms with Gasteiger partial charge in [-0.15, -0.1) is 0 Å². The number of rotatable bonds is 3. The molecule has 0 spiro atoms. The highest BCUT2D eigenvalue weighted by Crippen LogP contribution is 2.29. The molecule has 1 amide bonds. The van der Waals surface area contributed by atoms with Crippen molar-refractivity contribution in [2.45, 2.75) is 32.0 Å². The summed E-state index contributed by atoms with van der Waals surface area (Å²) in [5.74, 6) is -0.232. The van der Waals surface area contributed by atoms with E-state index in [2.05, 4.69) is 10.3 Å². The van der Waals surface area contributed by atoms with Crippen LogP contribution < -0.4 is 5.32 Å². The monoisotopic (exact) mass is 284 g/mol. The van der Waals surface area contributed by atoms with Gasteiger partial charge in [-0.25, -0.2) is 0 Å². The fourth-order valence-corrected chi connectivity index (χ4v) is 1.98. The summed E-state index contributed by atoms with van der Waals surface area (Å²) in [5, 5.41) is 2.68. The maximum atomic E-state index is 12.4. The van der Waals surface area contributed by atoms with E-state index in [4.69, 9.17) is 0 Å². The second-order valence-corrected chi connectivity index (χ2v) is 4.66. The molecular weight excluding hydrogens is 269 g/mol. The summed E-state index contributed by atoms with van der Waals surface area (Å²) in [6.45, 7) is 0.874. The number of carbonyl (C=O) groups excluding carboxylic acids is 1. The van der Waals surface area contributed by atoms with Crippen molar-refractivity contribution in [3.8, 4) is 0 Å². The van der Waals surface area contributed by atoms with Gasteiger partial charge in [-0.2, -0.15) is 13.2 Å². The number of hydrogen-bond donors (Lipinski definition) is 1. The molecule has 108 valence electrons.